The van der Waals surface area contributed by atoms with Gasteiger partial charge in [0, 0.05) is 6.54 Å². The van der Waals surface area contributed by atoms with Gasteiger partial charge in [0.15, 0.2) is 0 Å². The summed E-state index contributed by atoms with van der Waals surface area (Å²) >= 11 is 0. The number of benzene rings is 1. The summed E-state index contributed by atoms with van der Waals surface area (Å²) in [5.41, 5.74) is 0.823. The van der Waals surface area contributed by atoms with Gasteiger partial charge in [-0.3, -0.25) is 5.32 Å². The average Bonchev–Trinajstić information content (AvgIpc) is 2.39. The lowest BCUT2D eigenvalue weighted by Gasteiger charge is -2.18. The van der Waals surface area contributed by atoms with Crippen molar-refractivity contribution in [2.75, 3.05) is 13.2 Å². The third-order valence-corrected chi connectivity index (χ3v) is 2.55. The van der Waals surface area contributed by atoms with Gasteiger partial charge in [-0.25, -0.2) is 4.79 Å². The molecule has 0 spiro atoms. The molecule has 110 valence electrons. The summed E-state index contributed by atoms with van der Waals surface area (Å²) in [6.07, 6.45) is 1.80. The maximum Gasteiger partial charge on any atom is 0.327 e. The molecule has 4 heteroatoms. The molecule has 0 heterocycles. The first kappa shape index (κ1) is 16.2. The van der Waals surface area contributed by atoms with E-state index < -0.39 is 6.04 Å². The molecule has 20 heavy (non-hydrogen) atoms. The molecule has 1 N–H and O–H groups in total. The molecule has 0 aliphatic carbocycles. The largest absolute Gasteiger partial charge is 0.491 e. The molecule has 0 aromatic heterocycles. The Hall–Kier alpha value is -1.81. The highest BCUT2D eigenvalue weighted by Crippen LogP contribution is 2.21. The second-order valence-corrected chi connectivity index (χ2v) is 4.62. The van der Waals surface area contributed by atoms with E-state index in [2.05, 4.69) is 11.9 Å². The van der Waals surface area contributed by atoms with Gasteiger partial charge in [-0.05, 0) is 38.5 Å². The van der Waals surface area contributed by atoms with Crippen molar-refractivity contribution in [3.05, 3.63) is 42.5 Å². The summed E-state index contributed by atoms with van der Waals surface area (Å²) in [6.45, 7) is 10.3. The Morgan fingerprint density at radius 3 is 2.80 bits per heavy atom. The zero-order valence-electron chi connectivity index (χ0n) is 12.4. The average molecular weight is 277 g/mol. The fraction of sp³-hybridized carbons (Fsp3) is 0.438. The predicted molar refractivity (Wildman–Crippen MR) is 79.8 cm³/mol. The van der Waals surface area contributed by atoms with Crippen LogP contribution in [0.1, 0.15) is 32.4 Å². The summed E-state index contributed by atoms with van der Waals surface area (Å²) in [4.78, 5) is 12.0. The molecule has 0 amide bonds. The molecule has 1 rings (SSSR count). The maximum atomic E-state index is 12.0. The maximum absolute atomic E-state index is 12.0. The highest BCUT2D eigenvalue weighted by atomic mass is 16.5. The van der Waals surface area contributed by atoms with Gasteiger partial charge in [-0.15, -0.1) is 6.58 Å². The molecule has 1 aromatic rings. The highest BCUT2D eigenvalue weighted by molar-refractivity contribution is 5.77. The Labute approximate surface area is 120 Å². The molecule has 1 aromatic carbocycles. The third-order valence-electron chi connectivity index (χ3n) is 2.55. The number of ether oxygens (including phenoxy) is 2. The van der Waals surface area contributed by atoms with Crippen LogP contribution in [0.25, 0.3) is 0 Å². The molecule has 0 bridgehead atoms. The van der Waals surface area contributed by atoms with E-state index in [0.29, 0.717) is 13.2 Å². The monoisotopic (exact) mass is 277 g/mol. The number of hydrogen-bond acceptors (Lipinski definition) is 4. The van der Waals surface area contributed by atoms with Crippen LogP contribution in [0.4, 0.5) is 0 Å². The van der Waals surface area contributed by atoms with Gasteiger partial charge >= 0.3 is 5.97 Å². The van der Waals surface area contributed by atoms with E-state index in [1.54, 1.807) is 13.0 Å². The first-order chi connectivity index (χ1) is 9.58. The Kier molecular flexibility index (Phi) is 6.81. The van der Waals surface area contributed by atoms with Crippen molar-refractivity contribution in [3.63, 3.8) is 0 Å². The van der Waals surface area contributed by atoms with Gasteiger partial charge < -0.3 is 9.47 Å². The Morgan fingerprint density at radius 2 is 2.20 bits per heavy atom. The minimum atomic E-state index is -0.510. The standard InChI is InChI=1S/C16H23NO3/c1-5-10-17-15(16(18)19-6-2)13-8-7-9-14(11-13)20-12(3)4/h5,7-9,11-12,15,17H,1,6,10H2,2-4H3. The number of rotatable bonds is 8. The molecule has 0 radical (unpaired) electrons. The summed E-state index contributed by atoms with van der Waals surface area (Å²) in [6, 6.07) is 6.97. The lowest BCUT2D eigenvalue weighted by Crippen LogP contribution is -2.30. The van der Waals surface area contributed by atoms with Gasteiger partial charge in [-0.1, -0.05) is 18.2 Å². The normalized spacial score (nSPS) is 12.0. The number of carbonyl (C=O) groups excluding carboxylic acids is 1. The first-order valence-electron chi connectivity index (χ1n) is 6.86. The minimum Gasteiger partial charge on any atom is -0.491 e. The summed E-state index contributed by atoms with van der Waals surface area (Å²) < 4.78 is 10.7. The van der Waals surface area contributed by atoms with Crippen LogP contribution >= 0.6 is 0 Å². The second-order valence-electron chi connectivity index (χ2n) is 4.62. The van der Waals surface area contributed by atoms with E-state index >= 15 is 0 Å². The Bertz CT molecular complexity index is 443. The molecular formula is C16H23NO3. The highest BCUT2D eigenvalue weighted by Gasteiger charge is 2.21. The van der Waals surface area contributed by atoms with Crippen molar-refractivity contribution in [2.45, 2.75) is 32.9 Å². The topological polar surface area (TPSA) is 47.6 Å². The van der Waals surface area contributed by atoms with E-state index in [1.807, 2.05) is 38.1 Å². The molecule has 0 fully saturated rings. The number of carbonyl (C=O) groups is 1. The van der Waals surface area contributed by atoms with E-state index in [-0.39, 0.29) is 12.1 Å². The fourth-order valence-electron chi connectivity index (χ4n) is 1.80. The van der Waals surface area contributed by atoms with Gasteiger partial charge in [0.2, 0.25) is 0 Å². The van der Waals surface area contributed by atoms with E-state index in [4.69, 9.17) is 9.47 Å². The summed E-state index contributed by atoms with van der Waals surface area (Å²) in [5, 5.41) is 3.10. The fourth-order valence-corrected chi connectivity index (χ4v) is 1.80. The van der Waals surface area contributed by atoms with Crippen LogP contribution in [-0.2, 0) is 9.53 Å². The van der Waals surface area contributed by atoms with Crippen LogP contribution in [0.5, 0.6) is 5.75 Å². The minimum absolute atomic E-state index is 0.0902. The van der Waals surface area contributed by atoms with Crippen LogP contribution in [-0.4, -0.2) is 25.2 Å². The van der Waals surface area contributed by atoms with E-state index in [9.17, 15) is 4.79 Å². The molecule has 1 atom stereocenters. The zero-order valence-corrected chi connectivity index (χ0v) is 12.4. The molecule has 0 saturated heterocycles. The van der Waals surface area contributed by atoms with Crippen molar-refractivity contribution in [1.82, 2.24) is 5.32 Å². The van der Waals surface area contributed by atoms with Crippen molar-refractivity contribution in [1.29, 1.82) is 0 Å². The van der Waals surface area contributed by atoms with Crippen molar-refractivity contribution in [2.24, 2.45) is 0 Å². The zero-order chi connectivity index (χ0) is 15.0. The number of nitrogens with one attached hydrogen (secondary N) is 1. The van der Waals surface area contributed by atoms with Crippen molar-refractivity contribution in [3.8, 4) is 5.75 Å². The van der Waals surface area contributed by atoms with E-state index in [1.165, 1.54) is 0 Å². The van der Waals surface area contributed by atoms with Crippen LogP contribution in [0.3, 0.4) is 0 Å². The lowest BCUT2D eigenvalue weighted by molar-refractivity contribution is -0.145. The first-order valence-corrected chi connectivity index (χ1v) is 6.86. The Morgan fingerprint density at radius 1 is 1.45 bits per heavy atom. The number of hydrogen-bond donors (Lipinski definition) is 1. The van der Waals surface area contributed by atoms with Gasteiger partial charge in [0.1, 0.15) is 11.8 Å². The predicted octanol–water partition coefficient (Wildman–Crippen LogP) is 2.85. The quantitative estimate of drug-likeness (QED) is 0.586. The number of esters is 1. The third kappa shape index (κ3) is 5.05. The van der Waals surface area contributed by atoms with Crippen LogP contribution in [0, 0.1) is 0 Å². The molecule has 0 aliphatic heterocycles. The summed E-state index contributed by atoms with van der Waals surface area (Å²) in [7, 11) is 0. The molecule has 0 aliphatic rings. The van der Waals surface area contributed by atoms with Crippen molar-refractivity contribution >= 4 is 5.97 Å². The smallest absolute Gasteiger partial charge is 0.327 e. The van der Waals surface area contributed by atoms with E-state index in [0.717, 1.165) is 11.3 Å². The SMILES string of the molecule is C=CCNC(C(=O)OCC)c1cccc(OC(C)C)c1. The van der Waals surface area contributed by atoms with Crippen LogP contribution in [0.15, 0.2) is 36.9 Å². The van der Waals surface area contributed by atoms with Gasteiger partial charge in [0.25, 0.3) is 0 Å². The Balaban J connectivity index is 2.93. The van der Waals surface area contributed by atoms with Crippen LogP contribution < -0.4 is 10.1 Å². The molecule has 1 unspecified atom stereocenters. The van der Waals surface area contributed by atoms with Gasteiger partial charge in [0.05, 0.1) is 12.7 Å². The summed E-state index contributed by atoms with van der Waals surface area (Å²) in [5.74, 6) is 0.447. The molecule has 4 nitrogen and oxygen atoms in total. The van der Waals surface area contributed by atoms with Crippen molar-refractivity contribution < 1.29 is 14.3 Å². The molecule has 0 saturated carbocycles. The second kappa shape index (κ2) is 8.38. The van der Waals surface area contributed by atoms with Gasteiger partial charge in [-0.2, -0.15) is 0 Å². The van der Waals surface area contributed by atoms with Crippen LogP contribution in [0.2, 0.25) is 0 Å². The molecular weight excluding hydrogens is 254 g/mol. The lowest BCUT2D eigenvalue weighted by atomic mass is 10.1.